The van der Waals surface area contributed by atoms with E-state index in [0.29, 0.717) is 18.2 Å². The summed E-state index contributed by atoms with van der Waals surface area (Å²) in [5.41, 5.74) is 2.60. The van der Waals surface area contributed by atoms with Crippen molar-refractivity contribution in [3.63, 3.8) is 0 Å². The first-order valence-electron chi connectivity index (χ1n) is 9.27. The molecule has 0 aromatic heterocycles. The van der Waals surface area contributed by atoms with Gasteiger partial charge >= 0.3 is 0 Å². The van der Waals surface area contributed by atoms with E-state index in [-0.39, 0.29) is 27.4 Å². The molecule has 1 aromatic rings. The summed E-state index contributed by atoms with van der Waals surface area (Å²) in [6.45, 7) is 15.3. The molecule has 3 nitrogen and oxygen atoms in total. The predicted octanol–water partition coefficient (Wildman–Crippen LogP) is 5.58. The van der Waals surface area contributed by atoms with Gasteiger partial charge in [-0.15, -0.1) is 23.4 Å². The zero-order chi connectivity index (χ0) is 19.9. The number of alkyl halides is 1. The Bertz CT molecular complexity index is 641. The van der Waals surface area contributed by atoms with Crippen molar-refractivity contribution in [2.45, 2.75) is 76.3 Å². The molecule has 1 heterocycles. The van der Waals surface area contributed by atoms with Crippen molar-refractivity contribution in [2.24, 2.45) is 0 Å². The Kier molecular flexibility index (Phi) is 6.29. The highest BCUT2D eigenvalue weighted by atomic mass is 35.5. The molecule has 1 aromatic carbocycles. The lowest BCUT2D eigenvalue weighted by Gasteiger charge is -2.31. The van der Waals surface area contributed by atoms with E-state index in [4.69, 9.17) is 11.6 Å². The van der Waals surface area contributed by atoms with E-state index in [1.807, 2.05) is 11.8 Å². The number of hydrogen-bond donors (Lipinski definition) is 1. The van der Waals surface area contributed by atoms with Crippen molar-refractivity contribution in [2.75, 3.05) is 12.4 Å². The van der Waals surface area contributed by atoms with Crippen LogP contribution in [0.2, 0.25) is 0 Å². The van der Waals surface area contributed by atoms with Gasteiger partial charge < -0.3 is 10.0 Å². The number of aromatic hydroxyl groups is 1. The van der Waals surface area contributed by atoms with Crippen molar-refractivity contribution in [1.82, 2.24) is 4.90 Å². The van der Waals surface area contributed by atoms with Gasteiger partial charge in [0.05, 0.1) is 5.25 Å². The molecule has 0 aliphatic carbocycles. The molecule has 26 heavy (non-hydrogen) atoms. The Hall–Kier alpha value is -0.870. The quantitative estimate of drug-likeness (QED) is 0.674. The number of nitrogens with zero attached hydrogens (tertiary/aromatic N) is 1. The highest BCUT2D eigenvalue weighted by Gasteiger charge is 2.39. The molecule has 5 heteroatoms. The molecule has 1 saturated heterocycles. The Balaban J connectivity index is 2.59. The molecule has 2 rings (SSSR count). The predicted molar refractivity (Wildman–Crippen MR) is 112 cm³/mol. The largest absolute Gasteiger partial charge is 0.507 e. The first kappa shape index (κ1) is 21.4. The monoisotopic (exact) mass is 397 g/mol. The lowest BCUT2D eigenvalue weighted by Crippen LogP contribution is -2.31. The summed E-state index contributed by atoms with van der Waals surface area (Å²) in [4.78, 5) is 14.6. The molecule has 0 saturated carbocycles. The van der Waals surface area contributed by atoms with Crippen LogP contribution >= 0.6 is 23.4 Å². The van der Waals surface area contributed by atoms with Crippen LogP contribution in [0.1, 0.15) is 77.0 Å². The SMILES string of the molecule is CC1SC(c2cc(C(C)(C)C)c(O)c(C(C)(C)C)c2)N(CCCCl)C1=O. The molecule has 1 aliphatic heterocycles. The minimum atomic E-state index is -0.181. The van der Waals surface area contributed by atoms with Gasteiger partial charge in [0, 0.05) is 12.4 Å². The first-order chi connectivity index (χ1) is 11.9. The lowest BCUT2D eigenvalue weighted by atomic mass is 9.78. The van der Waals surface area contributed by atoms with Crippen LogP contribution in [0.15, 0.2) is 12.1 Å². The van der Waals surface area contributed by atoms with Crippen LogP contribution in [0.5, 0.6) is 5.75 Å². The smallest absolute Gasteiger partial charge is 0.236 e. The van der Waals surface area contributed by atoms with Gasteiger partial charge in [-0.3, -0.25) is 4.79 Å². The number of halogens is 1. The lowest BCUT2D eigenvalue weighted by molar-refractivity contribution is -0.129. The summed E-state index contributed by atoms with van der Waals surface area (Å²) in [6.07, 6.45) is 0.785. The van der Waals surface area contributed by atoms with Crippen LogP contribution in [0.4, 0.5) is 0 Å². The average Bonchev–Trinajstić information content (AvgIpc) is 2.78. The highest BCUT2D eigenvalue weighted by Crippen LogP contribution is 2.47. The molecule has 1 fully saturated rings. The normalized spacial score (nSPS) is 21.5. The molecular formula is C21H32ClNO2S. The van der Waals surface area contributed by atoms with Crippen LogP contribution in [0.3, 0.4) is 0 Å². The zero-order valence-corrected chi connectivity index (χ0v) is 18.6. The second-order valence-corrected chi connectivity index (χ2v) is 11.0. The van der Waals surface area contributed by atoms with Crippen molar-refractivity contribution in [3.8, 4) is 5.75 Å². The molecule has 146 valence electrons. The number of benzene rings is 1. The van der Waals surface area contributed by atoms with Crippen LogP contribution in [0, 0.1) is 0 Å². The van der Waals surface area contributed by atoms with Gasteiger partial charge in [-0.25, -0.2) is 0 Å². The van der Waals surface area contributed by atoms with Gasteiger partial charge in [-0.1, -0.05) is 41.5 Å². The fraction of sp³-hybridized carbons (Fsp3) is 0.667. The number of hydrogen-bond acceptors (Lipinski definition) is 3. The second kappa shape index (κ2) is 7.63. The number of carbonyl (C=O) groups excluding carboxylic acids is 1. The van der Waals surface area contributed by atoms with Gasteiger partial charge in [0.25, 0.3) is 0 Å². The third-order valence-corrected chi connectivity index (χ3v) is 6.47. The van der Waals surface area contributed by atoms with E-state index in [0.717, 1.165) is 23.1 Å². The van der Waals surface area contributed by atoms with Gasteiger partial charge in [0.15, 0.2) is 0 Å². The second-order valence-electron chi connectivity index (χ2n) is 9.17. The number of amides is 1. The van der Waals surface area contributed by atoms with Crippen LogP contribution in [0.25, 0.3) is 0 Å². The molecule has 1 N–H and O–H groups in total. The number of carbonyl (C=O) groups is 1. The average molecular weight is 398 g/mol. The summed E-state index contributed by atoms with van der Waals surface area (Å²) in [5.74, 6) is 1.10. The van der Waals surface area contributed by atoms with Crippen LogP contribution in [-0.4, -0.2) is 33.6 Å². The van der Waals surface area contributed by atoms with Gasteiger partial charge in [-0.2, -0.15) is 0 Å². The molecule has 0 radical (unpaired) electrons. The molecular weight excluding hydrogens is 366 g/mol. The molecule has 2 atom stereocenters. The van der Waals surface area contributed by atoms with Gasteiger partial charge in [0.1, 0.15) is 11.1 Å². The Morgan fingerprint density at radius 3 is 2.04 bits per heavy atom. The van der Waals surface area contributed by atoms with E-state index >= 15 is 0 Å². The molecule has 0 bridgehead atoms. The number of phenolic OH excluding ortho intramolecular Hbond substituents is 1. The summed E-state index contributed by atoms with van der Waals surface area (Å²) in [5, 5.41) is 10.9. The maximum absolute atomic E-state index is 12.6. The summed E-state index contributed by atoms with van der Waals surface area (Å²) < 4.78 is 0. The maximum Gasteiger partial charge on any atom is 0.236 e. The third kappa shape index (κ3) is 4.33. The fourth-order valence-corrected chi connectivity index (χ4v) is 4.74. The van der Waals surface area contributed by atoms with Crippen molar-refractivity contribution < 1.29 is 9.90 Å². The highest BCUT2D eigenvalue weighted by molar-refractivity contribution is 8.01. The third-order valence-electron chi connectivity index (χ3n) is 4.81. The van der Waals surface area contributed by atoms with Crippen molar-refractivity contribution in [3.05, 3.63) is 28.8 Å². The van der Waals surface area contributed by atoms with Gasteiger partial charge in [0.2, 0.25) is 5.91 Å². The maximum atomic E-state index is 12.6. The Morgan fingerprint density at radius 1 is 1.12 bits per heavy atom. The summed E-state index contributed by atoms with van der Waals surface area (Å²) >= 11 is 7.55. The summed E-state index contributed by atoms with van der Waals surface area (Å²) in [7, 11) is 0. The number of phenols is 1. The van der Waals surface area contributed by atoms with Crippen molar-refractivity contribution in [1.29, 1.82) is 0 Å². The molecule has 1 amide bonds. The minimum absolute atomic E-state index is 0.0245. The summed E-state index contributed by atoms with van der Waals surface area (Å²) in [6, 6.07) is 4.17. The number of rotatable bonds is 4. The first-order valence-corrected chi connectivity index (χ1v) is 10.8. The standard InChI is InChI=1S/C21H32ClNO2S/c1-13-18(25)23(10-8-9-22)19(26-13)14-11-15(20(2,3)4)17(24)16(12-14)21(5,6)7/h11-13,19,24H,8-10H2,1-7H3. The van der Waals surface area contributed by atoms with E-state index in [2.05, 4.69) is 53.7 Å². The van der Waals surface area contributed by atoms with E-state index in [9.17, 15) is 9.90 Å². The van der Waals surface area contributed by atoms with Crippen LogP contribution < -0.4 is 0 Å². The Morgan fingerprint density at radius 2 is 1.62 bits per heavy atom. The van der Waals surface area contributed by atoms with Gasteiger partial charge in [-0.05, 0) is 53.0 Å². The Labute approximate surface area is 167 Å². The minimum Gasteiger partial charge on any atom is -0.507 e. The molecule has 2 unspecified atom stereocenters. The number of thioether (sulfide) groups is 1. The zero-order valence-electron chi connectivity index (χ0n) is 17.0. The molecule has 0 spiro atoms. The topological polar surface area (TPSA) is 40.5 Å². The van der Waals surface area contributed by atoms with Crippen LogP contribution in [-0.2, 0) is 15.6 Å². The van der Waals surface area contributed by atoms with E-state index in [1.165, 1.54) is 0 Å². The fourth-order valence-electron chi connectivity index (χ4n) is 3.33. The molecule has 1 aliphatic rings. The van der Waals surface area contributed by atoms with Crippen molar-refractivity contribution >= 4 is 29.3 Å². The van der Waals surface area contributed by atoms with E-state index < -0.39 is 0 Å². The van der Waals surface area contributed by atoms with E-state index in [1.54, 1.807) is 11.8 Å².